The summed E-state index contributed by atoms with van der Waals surface area (Å²) in [5, 5.41) is 3.75. The average Bonchev–Trinajstić information content (AvgIpc) is 2.34. The van der Waals surface area contributed by atoms with Crippen molar-refractivity contribution in [1.82, 2.24) is 0 Å². The molecule has 0 aliphatic rings. The van der Waals surface area contributed by atoms with Gasteiger partial charge in [-0.05, 0) is 12.1 Å². The molecule has 2 N–H and O–H groups in total. The summed E-state index contributed by atoms with van der Waals surface area (Å²) in [5.41, 5.74) is -3.16. The fraction of sp³-hybridized carbons (Fsp3) is 0.300. The molecule has 0 spiro atoms. The van der Waals surface area contributed by atoms with Crippen LogP contribution in [-0.4, -0.2) is 27.7 Å². The van der Waals surface area contributed by atoms with E-state index >= 15 is 0 Å². The summed E-state index contributed by atoms with van der Waals surface area (Å²) in [7, 11) is -3.85. The SMILES string of the molecule is COC(=O)c1cc(S(N)(=O)=O)c(Cl)cc1C(F)(F)C(F)(F)F. The lowest BCUT2D eigenvalue weighted by atomic mass is 10.0. The summed E-state index contributed by atoms with van der Waals surface area (Å²) < 4.78 is 90.7. The van der Waals surface area contributed by atoms with E-state index in [9.17, 15) is 35.2 Å². The Morgan fingerprint density at radius 2 is 1.73 bits per heavy atom. The molecule has 0 atom stereocenters. The Morgan fingerprint density at radius 3 is 2.09 bits per heavy atom. The van der Waals surface area contributed by atoms with E-state index in [1.54, 1.807) is 0 Å². The molecule has 124 valence electrons. The number of halogens is 6. The highest BCUT2D eigenvalue weighted by Gasteiger charge is 2.60. The lowest BCUT2D eigenvalue weighted by Gasteiger charge is -2.22. The lowest BCUT2D eigenvalue weighted by molar-refractivity contribution is -0.289. The minimum absolute atomic E-state index is 0.0149. The number of methoxy groups -OCH3 is 1. The van der Waals surface area contributed by atoms with Crippen LogP contribution in [0.5, 0.6) is 0 Å². The Labute approximate surface area is 125 Å². The number of rotatable bonds is 3. The second-order valence-electron chi connectivity index (χ2n) is 3.94. The van der Waals surface area contributed by atoms with Gasteiger partial charge < -0.3 is 4.74 Å². The number of nitrogens with two attached hydrogens (primary N) is 1. The van der Waals surface area contributed by atoms with Crippen molar-refractivity contribution in [2.45, 2.75) is 17.0 Å². The summed E-state index contributed by atoms with van der Waals surface area (Å²) in [4.78, 5) is 10.4. The van der Waals surface area contributed by atoms with Crippen LogP contribution in [-0.2, 0) is 20.7 Å². The van der Waals surface area contributed by atoms with Crippen molar-refractivity contribution in [2.75, 3.05) is 7.11 Å². The van der Waals surface area contributed by atoms with Crippen molar-refractivity contribution < 1.29 is 39.9 Å². The molecule has 0 saturated carbocycles. The Balaban J connectivity index is 3.81. The standard InChI is InChI=1S/C10H7ClF5NO4S/c1-21-8(18)4-2-7(22(17,19)20)6(11)3-5(4)9(12,13)10(14,15)16/h2-3H,1H3,(H2,17,19,20). The number of primary sulfonamides is 1. The third-order valence-electron chi connectivity index (χ3n) is 2.48. The molecule has 0 aromatic heterocycles. The monoisotopic (exact) mass is 367 g/mol. The zero-order valence-electron chi connectivity index (χ0n) is 10.5. The second-order valence-corrected chi connectivity index (χ2v) is 5.87. The smallest absolute Gasteiger partial charge is 0.458 e. The van der Waals surface area contributed by atoms with Gasteiger partial charge in [-0.3, -0.25) is 0 Å². The number of carbonyl (C=O) groups excluding carboxylic acids is 1. The Morgan fingerprint density at radius 1 is 1.23 bits per heavy atom. The molecule has 0 fully saturated rings. The van der Waals surface area contributed by atoms with Crippen LogP contribution in [0.15, 0.2) is 17.0 Å². The number of hydrogen-bond acceptors (Lipinski definition) is 4. The largest absolute Gasteiger partial charge is 0.465 e. The number of ether oxygens (including phenoxy) is 1. The van der Waals surface area contributed by atoms with Crippen LogP contribution in [0, 0.1) is 0 Å². The van der Waals surface area contributed by atoms with Crippen LogP contribution in [0.1, 0.15) is 15.9 Å². The maximum atomic E-state index is 13.5. The molecule has 1 aromatic rings. The molecule has 12 heteroatoms. The van der Waals surface area contributed by atoms with Crippen LogP contribution in [0.2, 0.25) is 5.02 Å². The van der Waals surface area contributed by atoms with E-state index in [0.717, 1.165) is 0 Å². The van der Waals surface area contributed by atoms with Gasteiger partial charge in [-0.1, -0.05) is 11.6 Å². The second kappa shape index (κ2) is 5.63. The van der Waals surface area contributed by atoms with E-state index in [1.165, 1.54) is 0 Å². The molecular weight excluding hydrogens is 361 g/mol. The molecule has 5 nitrogen and oxygen atoms in total. The van der Waals surface area contributed by atoms with Gasteiger partial charge in [-0.2, -0.15) is 22.0 Å². The van der Waals surface area contributed by atoms with Gasteiger partial charge in [0, 0.05) is 5.56 Å². The van der Waals surface area contributed by atoms with Crippen molar-refractivity contribution in [3.63, 3.8) is 0 Å². The molecule has 1 aromatic carbocycles. The molecule has 1 rings (SSSR count). The highest BCUT2D eigenvalue weighted by Crippen LogP contribution is 2.46. The molecule has 0 aliphatic heterocycles. The highest BCUT2D eigenvalue weighted by atomic mass is 35.5. The van der Waals surface area contributed by atoms with Crippen molar-refractivity contribution in [1.29, 1.82) is 0 Å². The van der Waals surface area contributed by atoms with Gasteiger partial charge >= 0.3 is 18.1 Å². The molecule has 0 unspecified atom stereocenters. The molecule has 0 aliphatic carbocycles. The van der Waals surface area contributed by atoms with Crippen molar-refractivity contribution in [3.8, 4) is 0 Å². The summed E-state index contributed by atoms with van der Waals surface area (Å²) in [6, 6.07) is 0.222. The number of hydrogen-bond donors (Lipinski definition) is 1. The van der Waals surface area contributed by atoms with Gasteiger partial charge in [0.05, 0.1) is 17.7 Å². The number of benzene rings is 1. The van der Waals surface area contributed by atoms with Gasteiger partial charge in [0.2, 0.25) is 10.0 Å². The molecule has 0 heterocycles. The van der Waals surface area contributed by atoms with Crippen LogP contribution < -0.4 is 5.14 Å². The van der Waals surface area contributed by atoms with Gasteiger partial charge in [0.1, 0.15) is 4.90 Å². The van der Waals surface area contributed by atoms with E-state index < -0.39 is 49.1 Å². The zero-order valence-corrected chi connectivity index (χ0v) is 12.1. The number of esters is 1. The van der Waals surface area contributed by atoms with Gasteiger partial charge in [-0.15, -0.1) is 0 Å². The van der Waals surface area contributed by atoms with E-state index in [2.05, 4.69) is 4.74 Å². The molecule has 22 heavy (non-hydrogen) atoms. The first-order chi connectivity index (χ1) is 9.73. The van der Waals surface area contributed by atoms with Crippen molar-refractivity contribution >= 4 is 27.6 Å². The summed E-state index contributed by atoms with van der Waals surface area (Å²) in [6.07, 6.45) is -6.04. The topological polar surface area (TPSA) is 86.5 Å². The third kappa shape index (κ3) is 3.31. The predicted octanol–water partition coefficient (Wildman–Crippen LogP) is 2.43. The molecule has 0 saturated heterocycles. The number of alkyl halides is 5. The fourth-order valence-corrected chi connectivity index (χ4v) is 2.56. The molecule has 0 radical (unpaired) electrons. The first-order valence-corrected chi connectivity index (χ1v) is 7.05. The van der Waals surface area contributed by atoms with Gasteiger partial charge in [-0.25, -0.2) is 18.4 Å². The van der Waals surface area contributed by atoms with E-state index in [0.29, 0.717) is 7.11 Å². The molecular formula is C10H7ClF5NO4S. The van der Waals surface area contributed by atoms with Crippen molar-refractivity contribution in [2.24, 2.45) is 5.14 Å². The Hall–Kier alpha value is -1.46. The predicted molar refractivity (Wildman–Crippen MR) is 64.1 cm³/mol. The molecule has 0 bridgehead atoms. The summed E-state index contributed by atoms with van der Waals surface area (Å²) >= 11 is 5.38. The lowest BCUT2D eigenvalue weighted by Crippen LogP contribution is -2.35. The number of sulfonamides is 1. The first kappa shape index (κ1) is 18.6. The summed E-state index contributed by atoms with van der Waals surface area (Å²) in [6.45, 7) is 0. The van der Waals surface area contributed by atoms with Crippen LogP contribution in [0.4, 0.5) is 22.0 Å². The zero-order chi connectivity index (χ0) is 17.5. The Kier molecular flexibility index (Phi) is 4.76. The van der Waals surface area contributed by atoms with E-state index in [-0.39, 0.29) is 12.1 Å². The quantitative estimate of drug-likeness (QED) is 0.656. The highest BCUT2D eigenvalue weighted by molar-refractivity contribution is 7.89. The van der Waals surface area contributed by atoms with Crippen LogP contribution in [0.25, 0.3) is 0 Å². The van der Waals surface area contributed by atoms with Gasteiger partial charge in [0.15, 0.2) is 0 Å². The maximum Gasteiger partial charge on any atom is 0.458 e. The van der Waals surface area contributed by atoms with Crippen LogP contribution in [0.3, 0.4) is 0 Å². The van der Waals surface area contributed by atoms with E-state index in [1.807, 2.05) is 0 Å². The number of carbonyl (C=O) groups is 1. The van der Waals surface area contributed by atoms with Gasteiger partial charge in [0.25, 0.3) is 0 Å². The third-order valence-corrected chi connectivity index (χ3v) is 3.85. The summed E-state index contributed by atoms with van der Waals surface area (Å²) in [5.74, 6) is -7.07. The minimum Gasteiger partial charge on any atom is -0.465 e. The maximum absolute atomic E-state index is 13.5. The first-order valence-electron chi connectivity index (χ1n) is 5.13. The van der Waals surface area contributed by atoms with Crippen LogP contribution >= 0.6 is 11.6 Å². The van der Waals surface area contributed by atoms with E-state index in [4.69, 9.17) is 16.7 Å². The minimum atomic E-state index is -6.04. The normalized spacial score (nSPS) is 13.1. The fourth-order valence-electron chi connectivity index (χ4n) is 1.46. The molecule has 0 amide bonds. The Bertz CT molecular complexity index is 717. The van der Waals surface area contributed by atoms with Crippen molar-refractivity contribution in [3.05, 3.63) is 28.3 Å². The average molecular weight is 368 g/mol.